The average molecular weight is 150 g/mol. The Hall–Kier alpha value is -1.07. The minimum Gasteiger partial charge on any atom is -0.392 e. The zero-order valence-electron chi connectivity index (χ0n) is 6.42. The Labute approximate surface area is 65.9 Å². The monoisotopic (exact) mass is 150 g/mol. The van der Waals surface area contributed by atoms with Crippen molar-refractivity contribution in [3.63, 3.8) is 0 Å². The molecule has 0 heterocycles. The lowest BCUT2D eigenvalue weighted by atomic mass is 9.90. The molecule has 0 aliphatic heterocycles. The third-order valence-electron chi connectivity index (χ3n) is 1.91. The number of allylic oxidation sites excluding steroid dienone is 1. The molecule has 0 aromatic rings. The summed E-state index contributed by atoms with van der Waals surface area (Å²) in [5.41, 5.74) is 1.28. The number of terminal acetylenes is 1. The van der Waals surface area contributed by atoms with Crippen LogP contribution in [0.4, 0.5) is 0 Å². The van der Waals surface area contributed by atoms with Crippen LogP contribution in [0.15, 0.2) is 11.1 Å². The number of Topliss-reactive ketones (excluding diaryl/α,β-unsaturated/α-hetero) is 1. The maximum Gasteiger partial charge on any atom is 0.162 e. The molecule has 1 N–H and O–H groups in total. The van der Waals surface area contributed by atoms with E-state index in [1.54, 1.807) is 6.92 Å². The number of hydrogen-bond donors (Lipinski definition) is 1. The van der Waals surface area contributed by atoms with Gasteiger partial charge >= 0.3 is 0 Å². The summed E-state index contributed by atoms with van der Waals surface area (Å²) in [5, 5.41) is 9.15. The molecule has 11 heavy (non-hydrogen) atoms. The molecule has 0 amide bonds. The molecule has 2 heteroatoms. The summed E-state index contributed by atoms with van der Waals surface area (Å²) >= 11 is 0. The van der Waals surface area contributed by atoms with Crippen LogP contribution in [0.2, 0.25) is 0 Å². The van der Waals surface area contributed by atoms with Gasteiger partial charge in [-0.2, -0.15) is 0 Å². The lowest BCUT2D eigenvalue weighted by Crippen LogP contribution is -2.21. The Morgan fingerprint density at radius 2 is 2.27 bits per heavy atom. The summed E-state index contributed by atoms with van der Waals surface area (Å²) in [6.07, 6.45) is 5.25. The van der Waals surface area contributed by atoms with Crippen molar-refractivity contribution < 1.29 is 9.90 Å². The first-order valence-electron chi connectivity index (χ1n) is 3.52. The molecule has 0 aromatic carbocycles. The molecule has 0 fully saturated rings. The molecule has 0 bridgehead atoms. The minimum atomic E-state index is -0.572. The van der Waals surface area contributed by atoms with Crippen LogP contribution >= 0.6 is 0 Å². The average Bonchev–Trinajstić information content (AvgIpc) is 1.96. The van der Waals surface area contributed by atoms with Gasteiger partial charge in [0.15, 0.2) is 5.78 Å². The molecule has 2 nitrogen and oxygen atoms in total. The fourth-order valence-corrected chi connectivity index (χ4v) is 1.16. The van der Waals surface area contributed by atoms with Crippen molar-refractivity contribution in [2.45, 2.75) is 25.9 Å². The molecule has 58 valence electrons. The molecule has 1 rings (SSSR count). The molecule has 0 spiro atoms. The number of hydrogen-bond acceptors (Lipinski definition) is 2. The van der Waals surface area contributed by atoms with Crippen LogP contribution in [0, 0.1) is 12.3 Å². The van der Waals surface area contributed by atoms with E-state index in [0.717, 1.165) is 0 Å². The highest BCUT2D eigenvalue weighted by Crippen LogP contribution is 2.20. The van der Waals surface area contributed by atoms with E-state index in [1.165, 1.54) is 0 Å². The van der Waals surface area contributed by atoms with E-state index in [2.05, 4.69) is 5.92 Å². The lowest BCUT2D eigenvalue weighted by Gasteiger charge is -2.17. The van der Waals surface area contributed by atoms with Gasteiger partial charge in [-0.3, -0.25) is 4.79 Å². The molecule has 0 saturated heterocycles. The SMILES string of the molecule is C#CC1=C(C)C(=O)C[C@H](O)C1. The van der Waals surface area contributed by atoms with Crippen LogP contribution in [0.1, 0.15) is 19.8 Å². The first-order valence-corrected chi connectivity index (χ1v) is 3.52. The Kier molecular flexibility index (Phi) is 2.11. The molecule has 1 aliphatic carbocycles. The van der Waals surface area contributed by atoms with Gasteiger partial charge in [0, 0.05) is 24.0 Å². The largest absolute Gasteiger partial charge is 0.392 e. The predicted octanol–water partition coefficient (Wildman–Crippen LogP) is 0.660. The second kappa shape index (κ2) is 2.89. The third-order valence-corrected chi connectivity index (χ3v) is 1.91. The maximum absolute atomic E-state index is 11.1. The van der Waals surface area contributed by atoms with E-state index in [1.807, 2.05) is 0 Å². The van der Waals surface area contributed by atoms with Gasteiger partial charge in [0.2, 0.25) is 0 Å². The zero-order valence-corrected chi connectivity index (χ0v) is 6.42. The Morgan fingerprint density at radius 1 is 1.64 bits per heavy atom. The van der Waals surface area contributed by atoms with E-state index in [4.69, 9.17) is 11.5 Å². The van der Waals surface area contributed by atoms with Crippen molar-refractivity contribution in [2.75, 3.05) is 0 Å². The van der Waals surface area contributed by atoms with Crippen molar-refractivity contribution in [1.29, 1.82) is 0 Å². The first-order chi connectivity index (χ1) is 5.15. The van der Waals surface area contributed by atoms with Gasteiger partial charge in [0.25, 0.3) is 0 Å². The van der Waals surface area contributed by atoms with E-state index in [-0.39, 0.29) is 12.2 Å². The summed E-state index contributed by atoms with van der Waals surface area (Å²) in [5.74, 6) is 2.38. The minimum absolute atomic E-state index is 0.0308. The van der Waals surface area contributed by atoms with Gasteiger partial charge < -0.3 is 5.11 Å². The van der Waals surface area contributed by atoms with Gasteiger partial charge in [-0.1, -0.05) is 5.92 Å². The van der Waals surface area contributed by atoms with Crippen molar-refractivity contribution in [3.05, 3.63) is 11.1 Å². The Balaban J connectivity index is 2.97. The number of rotatable bonds is 0. The van der Waals surface area contributed by atoms with E-state index >= 15 is 0 Å². The van der Waals surface area contributed by atoms with Crippen LogP contribution in [0.3, 0.4) is 0 Å². The summed E-state index contributed by atoms with van der Waals surface area (Å²) in [7, 11) is 0. The van der Waals surface area contributed by atoms with Crippen molar-refractivity contribution in [1.82, 2.24) is 0 Å². The summed E-state index contributed by atoms with van der Waals surface area (Å²) in [6, 6.07) is 0. The smallest absolute Gasteiger partial charge is 0.162 e. The molecule has 0 saturated carbocycles. The van der Waals surface area contributed by atoms with Gasteiger partial charge in [-0.05, 0) is 6.92 Å². The molecule has 1 aliphatic rings. The predicted molar refractivity (Wildman–Crippen MR) is 41.8 cm³/mol. The molecular weight excluding hydrogens is 140 g/mol. The lowest BCUT2D eigenvalue weighted by molar-refractivity contribution is -0.117. The summed E-state index contributed by atoms with van der Waals surface area (Å²) in [4.78, 5) is 11.1. The second-order valence-electron chi connectivity index (χ2n) is 2.73. The van der Waals surface area contributed by atoms with Crippen LogP contribution in [0.25, 0.3) is 0 Å². The maximum atomic E-state index is 11.1. The molecule has 1 atom stereocenters. The fraction of sp³-hybridized carbons (Fsp3) is 0.444. The fourth-order valence-electron chi connectivity index (χ4n) is 1.16. The summed E-state index contributed by atoms with van der Waals surface area (Å²) in [6.45, 7) is 1.71. The topological polar surface area (TPSA) is 37.3 Å². The molecule has 0 aromatic heterocycles. The number of aliphatic hydroxyl groups is 1. The van der Waals surface area contributed by atoms with Crippen LogP contribution in [-0.2, 0) is 4.79 Å². The number of aliphatic hydroxyl groups excluding tert-OH is 1. The van der Waals surface area contributed by atoms with E-state index in [0.29, 0.717) is 17.6 Å². The van der Waals surface area contributed by atoms with Gasteiger partial charge in [-0.15, -0.1) is 6.42 Å². The second-order valence-corrected chi connectivity index (χ2v) is 2.73. The molecule has 0 radical (unpaired) electrons. The molecule has 0 unspecified atom stereocenters. The highest BCUT2D eigenvalue weighted by Gasteiger charge is 2.21. The Morgan fingerprint density at radius 3 is 2.82 bits per heavy atom. The van der Waals surface area contributed by atoms with Crippen molar-refractivity contribution >= 4 is 5.78 Å². The third kappa shape index (κ3) is 1.50. The quantitative estimate of drug-likeness (QED) is 0.515. The van der Waals surface area contributed by atoms with Gasteiger partial charge in [0.05, 0.1) is 6.10 Å². The van der Waals surface area contributed by atoms with Gasteiger partial charge in [-0.25, -0.2) is 0 Å². The standard InChI is InChI=1S/C9H10O2/c1-3-7-4-8(10)5-9(11)6(7)2/h1,8,10H,4-5H2,2H3/t8-/m1/s1. The number of carbonyl (C=O) groups is 1. The van der Waals surface area contributed by atoms with Crippen LogP contribution in [-0.4, -0.2) is 17.0 Å². The Bertz CT molecular complexity index is 255. The van der Waals surface area contributed by atoms with E-state index in [9.17, 15) is 4.79 Å². The number of ketones is 1. The number of carbonyl (C=O) groups excluding carboxylic acids is 1. The van der Waals surface area contributed by atoms with Crippen molar-refractivity contribution in [2.24, 2.45) is 0 Å². The van der Waals surface area contributed by atoms with Crippen LogP contribution in [0.5, 0.6) is 0 Å². The van der Waals surface area contributed by atoms with Crippen LogP contribution < -0.4 is 0 Å². The van der Waals surface area contributed by atoms with E-state index < -0.39 is 6.10 Å². The first kappa shape index (κ1) is 8.03. The molecular formula is C9H10O2. The summed E-state index contributed by atoms with van der Waals surface area (Å²) < 4.78 is 0. The highest BCUT2D eigenvalue weighted by molar-refractivity contribution is 5.97. The normalized spacial score (nSPS) is 25.2. The van der Waals surface area contributed by atoms with Gasteiger partial charge in [0.1, 0.15) is 0 Å². The zero-order chi connectivity index (χ0) is 8.43. The van der Waals surface area contributed by atoms with Crippen molar-refractivity contribution in [3.8, 4) is 12.3 Å². The highest BCUT2D eigenvalue weighted by atomic mass is 16.3.